The summed E-state index contributed by atoms with van der Waals surface area (Å²) in [5.41, 5.74) is 0.268. The number of pyridine rings is 1. The Bertz CT molecular complexity index is 385. The van der Waals surface area contributed by atoms with E-state index in [0.29, 0.717) is 5.56 Å². The van der Waals surface area contributed by atoms with E-state index in [1.807, 2.05) is 27.7 Å². The van der Waals surface area contributed by atoms with Crippen molar-refractivity contribution in [3.8, 4) is 0 Å². The fraction of sp³-hybridized carbons (Fsp3) is 0.500. The van der Waals surface area contributed by atoms with E-state index in [1.54, 1.807) is 0 Å². The first-order valence-corrected chi connectivity index (χ1v) is 5.23. The fourth-order valence-corrected chi connectivity index (χ4v) is 1.04. The van der Waals surface area contributed by atoms with Crippen molar-refractivity contribution in [1.82, 2.24) is 10.3 Å². The van der Waals surface area contributed by atoms with Crippen LogP contribution in [0.2, 0.25) is 0 Å². The topological polar surface area (TPSA) is 42.0 Å². The standard InChI is InChI=1S/C12H17FN2O/c1-8(12(2,3)4)15-11(16)9-5-6-14-10(13)7-9/h5-8H,1-4H3,(H,15,16). The zero-order chi connectivity index (χ0) is 12.3. The fourth-order valence-electron chi connectivity index (χ4n) is 1.04. The van der Waals surface area contributed by atoms with E-state index in [9.17, 15) is 9.18 Å². The molecule has 88 valence electrons. The Morgan fingerprint density at radius 2 is 2.12 bits per heavy atom. The molecule has 0 aromatic carbocycles. The summed E-state index contributed by atoms with van der Waals surface area (Å²) in [4.78, 5) is 15.2. The van der Waals surface area contributed by atoms with Gasteiger partial charge in [-0.3, -0.25) is 4.79 Å². The largest absolute Gasteiger partial charge is 0.349 e. The van der Waals surface area contributed by atoms with Crippen molar-refractivity contribution in [3.63, 3.8) is 0 Å². The van der Waals surface area contributed by atoms with Crippen LogP contribution in [0.1, 0.15) is 38.1 Å². The molecule has 0 saturated heterocycles. The molecule has 0 aliphatic rings. The summed E-state index contributed by atoms with van der Waals surface area (Å²) >= 11 is 0. The highest BCUT2D eigenvalue weighted by Crippen LogP contribution is 2.18. The number of hydrogen-bond acceptors (Lipinski definition) is 2. The van der Waals surface area contributed by atoms with Crippen molar-refractivity contribution in [2.45, 2.75) is 33.7 Å². The van der Waals surface area contributed by atoms with Crippen LogP contribution >= 0.6 is 0 Å². The van der Waals surface area contributed by atoms with Crippen LogP contribution in [0.5, 0.6) is 0 Å². The van der Waals surface area contributed by atoms with Crippen molar-refractivity contribution < 1.29 is 9.18 Å². The first-order valence-electron chi connectivity index (χ1n) is 5.23. The molecule has 0 spiro atoms. The summed E-state index contributed by atoms with van der Waals surface area (Å²) in [6.07, 6.45) is 1.28. The molecule has 0 saturated carbocycles. The van der Waals surface area contributed by atoms with Gasteiger partial charge in [0.05, 0.1) is 0 Å². The van der Waals surface area contributed by atoms with E-state index in [0.717, 1.165) is 6.07 Å². The van der Waals surface area contributed by atoms with Crippen LogP contribution in [0.3, 0.4) is 0 Å². The number of hydrogen-bond donors (Lipinski definition) is 1. The molecule has 16 heavy (non-hydrogen) atoms. The number of nitrogens with one attached hydrogen (secondary N) is 1. The van der Waals surface area contributed by atoms with Gasteiger partial charge in [0.2, 0.25) is 5.95 Å². The SMILES string of the molecule is CC(NC(=O)c1ccnc(F)c1)C(C)(C)C. The second-order valence-electron chi connectivity index (χ2n) is 4.93. The molecule has 1 rings (SSSR count). The van der Waals surface area contributed by atoms with Crippen molar-refractivity contribution in [2.24, 2.45) is 5.41 Å². The molecule has 3 nitrogen and oxygen atoms in total. The predicted octanol–water partition coefficient (Wildman–Crippen LogP) is 2.39. The van der Waals surface area contributed by atoms with Gasteiger partial charge < -0.3 is 5.32 Å². The molecule has 1 aromatic rings. The maximum absolute atomic E-state index is 12.8. The van der Waals surface area contributed by atoms with Crippen LogP contribution in [-0.2, 0) is 0 Å². The summed E-state index contributed by atoms with van der Waals surface area (Å²) in [5, 5.41) is 2.83. The minimum Gasteiger partial charge on any atom is -0.349 e. The molecule has 1 amide bonds. The number of aromatic nitrogens is 1. The number of rotatable bonds is 2. The minimum absolute atomic E-state index is 0.0104. The Balaban J connectivity index is 2.74. The lowest BCUT2D eigenvalue weighted by Gasteiger charge is -2.28. The van der Waals surface area contributed by atoms with Crippen LogP contribution < -0.4 is 5.32 Å². The Kier molecular flexibility index (Phi) is 3.62. The van der Waals surface area contributed by atoms with E-state index < -0.39 is 5.95 Å². The highest BCUT2D eigenvalue weighted by atomic mass is 19.1. The molecule has 1 atom stereocenters. The van der Waals surface area contributed by atoms with Gasteiger partial charge in [-0.25, -0.2) is 4.98 Å². The molecular weight excluding hydrogens is 207 g/mol. The lowest BCUT2D eigenvalue weighted by molar-refractivity contribution is 0.0909. The average molecular weight is 224 g/mol. The van der Waals surface area contributed by atoms with Gasteiger partial charge in [0.15, 0.2) is 0 Å². The number of halogens is 1. The summed E-state index contributed by atoms with van der Waals surface area (Å²) in [7, 11) is 0. The smallest absolute Gasteiger partial charge is 0.251 e. The molecule has 0 bridgehead atoms. The second kappa shape index (κ2) is 4.60. The van der Waals surface area contributed by atoms with Gasteiger partial charge in [-0.15, -0.1) is 0 Å². The molecule has 0 radical (unpaired) electrons. The average Bonchev–Trinajstić information content (AvgIpc) is 2.16. The van der Waals surface area contributed by atoms with Crippen LogP contribution in [0.25, 0.3) is 0 Å². The maximum Gasteiger partial charge on any atom is 0.251 e. The normalized spacial score (nSPS) is 13.3. The summed E-state index contributed by atoms with van der Waals surface area (Å²) in [6.45, 7) is 8.02. The molecule has 4 heteroatoms. The van der Waals surface area contributed by atoms with E-state index in [4.69, 9.17) is 0 Å². The lowest BCUT2D eigenvalue weighted by Crippen LogP contribution is -2.41. The van der Waals surface area contributed by atoms with Gasteiger partial charge in [0.25, 0.3) is 5.91 Å². The van der Waals surface area contributed by atoms with Crippen molar-refractivity contribution in [2.75, 3.05) is 0 Å². The van der Waals surface area contributed by atoms with Crippen molar-refractivity contribution in [3.05, 3.63) is 29.8 Å². The molecule has 0 aliphatic heterocycles. The van der Waals surface area contributed by atoms with Crippen molar-refractivity contribution in [1.29, 1.82) is 0 Å². The van der Waals surface area contributed by atoms with Crippen LogP contribution in [0, 0.1) is 11.4 Å². The number of nitrogens with zero attached hydrogens (tertiary/aromatic N) is 1. The third kappa shape index (κ3) is 3.29. The van der Waals surface area contributed by atoms with Gasteiger partial charge in [-0.1, -0.05) is 20.8 Å². The van der Waals surface area contributed by atoms with E-state index in [-0.39, 0.29) is 17.4 Å². The first kappa shape index (κ1) is 12.6. The third-order valence-electron chi connectivity index (χ3n) is 2.64. The van der Waals surface area contributed by atoms with E-state index in [1.165, 1.54) is 12.3 Å². The first-order chi connectivity index (χ1) is 7.30. The molecule has 0 aliphatic carbocycles. The number of carbonyl (C=O) groups excluding carboxylic acids is 1. The Morgan fingerprint density at radius 3 is 2.62 bits per heavy atom. The van der Waals surface area contributed by atoms with E-state index >= 15 is 0 Å². The monoisotopic (exact) mass is 224 g/mol. The zero-order valence-corrected chi connectivity index (χ0v) is 10.0. The molecule has 1 heterocycles. The Morgan fingerprint density at radius 1 is 1.50 bits per heavy atom. The van der Waals surface area contributed by atoms with Gasteiger partial charge in [-0.2, -0.15) is 4.39 Å². The van der Waals surface area contributed by atoms with Gasteiger partial charge in [-0.05, 0) is 18.4 Å². The molecule has 0 fully saturated rings. The lowest BCUT2D eigenvalue weighted by atomic mass is 9.88. The summed E-state index contributed by atoms with van der Waals surface area (Å²) in [5.74, 6) is -0.917. The number of amides is 1. The van der Waals surface area contributed by atoms with Crippen LogP contribution in [-0.4, -0.2) is 16.9 Å². The summed E-state index contributed by atoms with van der Waals surface area (Å²) in [6, 6.07) is 2.63. The highest BCUT2D eigenvalue weighted by molar-refractivity contribution is 5.94. The van der Waals surface area contributed by atoms with E-state index in [2.05, 4.69) is 10.3 Å². The molecule has 1 N–H and O–H groups in total. The predicted molar refractivity (Wildman–Crippen MR) is 60.6 cm³/mol. The van der Waals surface area contributed by atoms with Crippen molar-refractivity contribution >= 4 is 5.91 Å². The van der Waals surface area contributed by atoms with Gasteiger partial charge in [0, 0.05) is 23.9 Å². The third-order valence-corrected chi connectivity index (χ3v) is 2.64. The van der Waals surface area contributed by atoms with Crippen LogP contribution in [0.15, 0.2) is 18.3 Å². The quantitative estimate of drug-likeness (QED) is 0.784. The highest BCUT2D eigenvalue weighted by Gasteiger charge is 2.22. The zero-order valence-electron chi connectivity index (χ0n) is 10.0. The van der Waals surface area contributed by atoms with Gasteiger partial charge in [0.1, 0.15) is 0 Å². The maximum atomic E-state index is 12.8. The Labute approximate surface area is 95.1 Å². The summed E-state index contributed by atoms with van der Waals surface area (Å²) < 4.78 is 12.8. The molecule has 1 aromatic heterocycles. The van der Waals surface area contributed by atoms with Crippen LogP contribution in [0.4, 0.5) is 4.39 Å². The van der Waals surface area contributed by atoms with Gasteiger partial charge >= 0.3 is 0 Å². The molecule has 1 unspecified atom stereocenters. The Hall–Kier alpha value is -1.45. The minimum atomic E-state index is -0.643. The molecular formula is C12H17FN2O. The second-order valence-corrected chi connectivity index (χ2v) is 4.93. The number of carbonyl (C=O) groups is 1.